The lowest BCUT2D eigenvalue weighted by atomic mass is 9.89. The standard InChI is InChI=1S/C14H24N2O2/c15-14(5-7-18-8-6-14)13(17)16(9-11-1-2-11)10-12-3-4-12/h11-12H,1-10,15H2. The first-order valence-corrected chi connectivity index (χ1v) is 7.33. The van der Waals surface area contributed by atoms with Crippen molar-refractivity contribution in [3.8, 4) is 0 Å². The van der Waals surface area contributed by atoms with Gasteiger partial charge in [0.05, 0.1) is 5.54 Å². The third-order valence-electron chi connectivity index (χ3n) is 4.45. The average Bonchev–Trinajstić information content (AvgIpc) is 3.23. The first-order chi connectivity index (χ1) is 8.67. The molecule has 2 N–H and O–H groups in total. The Morgan fingerprint density at radius 3 is 2.06 bits per heavy atom. The zero-order valence-electron chi connectivity index (χ0n) is 11.1. The van der Waals surface area contributed by atoms with Crippen LogP contribution in [-0.4, -0.2) is 42.6 Å². The summed E-state index contributed by atoms with van der Waals surface area (Å²) in [5.74, 6) is 1.68. The number of hydrogen-bond acceptors (Lipinski definition) is 3. The van der Waals surface area contributed by atoms with Gasteiger partial charge in [-0.25, -0.2) is 0 Å². The molecule has 0 radical (unpaired) electrons. The smallest absolute Gasteiger partial charge is 0.242 e. The van der Waals surface area contributed by atoms with E-state index in [1.807, 2.05) is 0 Å². The SMILES string of the molecule is NC1(C(=O)N(CC2CC2)CC2CC2)CCOCC1. The molecule has 0 aromatic carbocycles. The molecule has 2 aliphatic carbocycles. The summed E-state index contributed by atoms with van der Waals surface area (Å²) in [6.07, 6.45) is 6.50. The highest BCUT2D eigenvalue weighted by molar-refractivity contribution is 5.86. The molecule has 3 fully saturated rings. The Labute approximate surface area is 109 Å². The van der Waals surface area contributed by atoms with Crippen LogP contribution in [0.1, 0.15) is 38.5 Å². The highest BCUT2D eigenvalue weighted by atomic mass is 16.5. The van der Waals surface area contributed by atoms with Crippen molar-refractivity contribution < 1.29 is 9.53 Å². The van der Waals surface area contributed by atoms with E-state index in [0.717, 1.165) is 24.9 Å². The molecular formula is C14H24N2O2. The number of nitrogens with two attached hydrogens (primary N) is 1. The number of carbonyl (C=O) groups is 1. The van der Waals surface area contributed by atoms with Crippen LogP contribution in [0.4, 0.5) is 0 Å². The first-order valence-electron chi connectivity index (χ1n) is 7.33. The monoisotopic (exact) mass is 252 g/mol. The summed E-state index contributed by atoms with van der Waals surface area (Å²) in [6, 6.07) is 0. The highest BCUT2D eigenvalue weighted by Gasteiger charge is 2.41. The van der Waals surface area contributed by atoms with Crippen molar-refractivity contribution in [1.29, 1.82) is 0 Å². The summed E-state index contributed by atoms with van der Waals surface area (Å²) in [4.78, 5) is 14.8. The third-order valence-corrected chi connectivity index (χ3v) is 4.45. The van der Waals surface area contributed by atoms with Gasteiger partial charge in [-0.2, -0.15) is 0 Å². The Balaban J connectivity index is 1.64. The van der Waals surface area contributed by atoms with Gasteiger partial charge in [-0.1, -0.05) is 0 Å². The Bertz CT molecular complexity index is 304. The van der Waals surface area contributed by atoms with E-state index in [1.54, 1.807) is 0 Å². The van der Waals surface area contributed by atoms with Crippen LogP contribution in [0.15, 0.2) is 0 Å². The minimum atomic E-state index is -0.651. The zero-order valence-corrected chi connectivity index (χ0v) is 11.1. The Hall–Kier alpha value is -0.610. The van der Waals surface area contributed by atoms with Crippen molar-refractivity contribution in [2.45, 2.75) is 44.1 Å². The topological polar surface area (TPSA) is 55.6 Å². The largest absolute Gasteiger partial charge is 0.381 e. The zero-order chi connectivity index (χ0) is 12.6. The quantitative estimate of drug-likeness (QED) is 0.798. The molecule has 0 aromatic heterocycles. The second-order valence-corrected chi connectivity index (χ2v) is 6.37. The molecule has 18 heavy (non-hydrogen) atoms. The average molecular weight is 252 g/mol. The van der Waals surface area contributed by atoms with Crippen LogP contribution in [0.3, 0.4) is 0 Å². The van der Waals surface area contributed by atoms with Gasteiger partial charge in [-0.15, -0.1) is 0 Å². The second kappa shape index (κ2) is 4.82. The van der Waals surface area contributed by atoms with Gasteiger partial charge in [0.1, 0.15) is 0 Å². The molecule has 0 aromatic rings. The molecule has 4 nitrogen and oxygen atoms in total. The van der Waals surface area contributed by atoms with E-state index in [-0.39, 0.29) is 5.91 Å². The van der Waals surface area contributed by atoms with E-state index in [2.05, 4.69) is 4.90 Å². The van der Waals surface area contributed by atoms with Crippen molar-refractivity contribution >= 4 is 5.91 Å². The molecule has 1 aliphatic heterocycles. The van der Waals surface area contributed by atoms with Crippen molar-refractivity contribution in [3.63, 3.8) is 0 Å². The summed E-state index contributed by atoms with van der Waals surface area (Å²) in [7, 11) is 0. The van der Waals surface area contributed by atoms with Crippen LogP contribution in [0, 0.1) is 11.8 Å². The summed E-state index contributed by atoms with van der Waals surface area (Å²) >= 11 is 0. The Morgan fingerprint density at radius 1 is 1.11 bits per heavy atom. The molecule has 0 unspecified atom stereocenters. The number of nitrogens with zero attached hydrogens (tertiary/aromatic N) is 1. The van der Waals surface area contributed by atoms with Gasteiger partial charge in [0.2, 0.25) is 5.91 Å². The van der Waals surface area contributed by atoms with E-state index in [0.29, 0.717) is 26.1 Å². The highest BCUT2D eigenvalue weighted by Crippen LogP contribution is 2.35. The number of carbonyl (C=O) groups excluding carboxylic acids is 1. The first kappa shape index (κ1) is 12.4. The van der Waals surface area contributed by atoms with Crippen LogP contribution < -0.4 is 5.73 Å². The molecule has 1 saturated heterocycles. The summed E-state index contributed by atoms with van der Waals surface area (Å²) in [5.41, 5.74) is 5.67. The van der Waals surface area contributed by atoms with Crippen molar-refractivity contribution in [2.24, 2.45) is 17.6 Å². The minimum absolute atomic E-state index is 0.185. The maximum Gasteiger partial charge on any atom is 0.242 e. The van der Waals surface area contributed by atoms with Gasteiger partial charge in [0.25, 0.3) is 0 Å². The van der Waals surface area contributed by atoms with Gasteiger partial charge >= 0.3 is 0 Å². The number of amides is 1. The van der Waals surface area contributed by atoms with E-state index in [9.17, 15) is 4.79 Å². The lowest BCUT2D eigenvalue weighted by molar-refractivity contribution is -0.141. The van der Waals surface area contributed by atoms with Crippen molar-refractivity contribution in [3.05, 3.63) is 0 Å². The molecule has 0 atom stereocenters. The number of hydrogen-bond donors (Lipinski definition) is 1. The van der Waals surface area contributed by atoms with E-state index in [4.69, 9.17) is 10.5 Å². The molecule has 1 amide bonds. The van der Waals surface area contributed by atoms with Crippen LogP contribution in [0.5, 0.6) is 0 Å². The molecule has 2 saturated carbocycles. The fraction of sp³-hybridized carbons (Fsp3) is 0.929. The van der Waals surface area contributed by atoms with E-state index >= 15 is 0 Å². The normalized spacial score (nSPS) is 26.9. The van der Waals surface area contributed by atoms with Crippen molar-refractivity contribution in [2.75, 3.05) is 26.3 Å². The summed E-state index contributed by atoms with van der Waals surface area (Å²) in [6.45, 7) is 3.14. The second-order valence-electron chi connectivity index (χ2n) is 6.37. The molecular weight excluding hydrogens is 228 g/mol. The predicted octanol–water partition coefficient (Wildman–Crippen LogP) is 1.14. The van der Waals surface area contributed by atoms with E-state index in [1.165, 1.54) is 25.7 Å². The van der Waals surface area contributed by atoms with Gasteiger partial charge in [-0.3, -0.25) is 4.79 Å². The van der Waals surface area contributed by atoms with Crippen LogP contribution >= 0.6 is 0 Å². The van der Waals surface area contributed by atoms with Crippen molar-refractivity contribution in [1.82, 2.24) is 4.90 Å². The summed E-state index contributed by atoms with van der Waals surface area (Å²) < 4.78 is 5.33. The lowest BCUT2D eigenvalue weighted by Gasteiger charge is -2.37. The van der Waals surface area contributed by atoms with Gasteiger partial charge in [0.15, 0.2) is 0 Å². The lowest BCUT2D eigenvalue weighted by Crippen LogP contribution is -2.58. The van der Waals surface area contributed by atoms with Crippen LogP contribution in [0.25, 0.3) is 0 Å². The summed E-state index contributed by atoms with van der Waals surface area (Å²) in [5, 5.41) is 0. The third kappa shape index (κ3) is 2.86. The van der Waals surface area contributed by atoms with E-state index < -0.39 is 5.54 Å². The predicted molar refractivity (Wildman–Crippen MR) is 69.0 cm³/mol. The van der Waals surface area contributed by atoms with Crippen LogP contribution in [0.2, 0.25) is 0 Å². The minimum Gasteiger partial charge on any atom is -0.381 e. The molecule has 3 aliphatic rings. The molecule has 0 bridgehead atoms. The molecule has 1 heterocycles. The number of rotatable bonds is 5. The molecule has 4 heteroatoms. The van der Waals surface area contributed by atoms with Gasteiger partial charge in [0, 0.05) is 26.3 Å². The Morgan fingerprint density at radius 2 is 1.61 bits per heavy atom. The Kier molecular flexibility index (Phi) is 3.32. The fourth-order valence-electron chi connectivity index (χ4n) is 2.73. The molecule has 3 rings (SSSR count). The molecule has 0 spiro atoms. The maximum absolute atomic E-state index is 12.7. The fourth-order valence-corrected chi connectivity index (χ4v) is 2.73. The molecule has 102 valence electrons. The maximum atomic E-state index is 12.7. The van der Waals surface area contributed by atoms with Crippen LogP contribution in [-0.2, 0) is 9.53 Å². The number of ether oxygens (including phenoxy) is 1. The van der Waals surface area contributed by atoms with Gasteiger partial charge in [-0.05, 0) is 50.4 Å². The van der Waals surface area contributed by atoms with Gasteiger partial charge < -0.3 is 15.4 Å².